The highest BCUT2D eigenvalue weighted by Gasteiger charge is 2.38. The highest BCUT2D eigenvalue weighted by Crippen LogP contribution is 2.37. The molecule has 0 fully saturated rings. The standard InChI is InChI=1S/C9H22O2Si/c1-8(10-5)11-12(6,7)9(2,3)4/h8H,1-7H3/t8-/m0/s1. The summed E-state index contributed by atoms with van der Waals surface area (Å²) in [7, 11) is 0.0644. The lowest BCUT2D eigenvalue weighted by atomic mass is 10.2. The maximum atomic E-state index is 5.87. The molecule has 0 aromatic carbocycles. The molecular formula is C9H22O2Si. The van der Waals surface area contributed by atoms with Crippen LogP contribution >= 0.6 is 0 Å². The van der Waals surface area contributed by atoms with Gasteiger partial charge in [0.05, 0.1) is 0 Å². The van der Waals surface area contributed by atoms with Crippen LogP contribution in [-0.2, 0) is 9.16 Å². The quantitative estimate of drug-likeness (QED) is 0.503. The van der Waals surface area contributed by atoms with Crippen molar-refractivity contribution < 1.29 is 9.16 Å². The average molecular weight is 190 g/mol. The minimum Gasteiger partial charge on any atom is -0.392 e. The van der Waals surface area contributed by atoms with Gasteiger partial charge in [-0.1, -0.05) is 20.8 Å². The Morgan fingerprint density at radius 1 is 1.17 bits per heavy atom. The van der Waals surface area contributed by atoms with Gasteiger partial charge in [0.1, 0.15) is 6.29 Å². The van der Waals surface area contributed by atoms with Crippen LogP contribution in [0.25, 0.3) is 0 Å². The van der Waals surface area contributed by atoms with Gasteiger partial charge in [-0.25, -0.2) is 0 Å². The maximum Gasteiger partial charge on any atom is 0.195 e. The molecule has 0 aliphatic heterocycles. The van der Waals surface area contributed by atoms with Gasteiger partial charge in [0.25, 0.3) is 0 Å². The summed E-state index contributed by atoms with van der Waals surface area (Å²) in [4.78, 5) is 0. The zero-order valence-corrected chi connectivity index (χ0v) is 10.4. The predicted octanol–water partition coefficient (Wildman–Crippen LogP) is 3.00. The molecule has 0 rings (SSSR count). The molecule has 0 aromatic heterocycles. The Kier molecular flexibility index (Phi) is 3.94. The van der Waals surface area contributed by atoms with Gasteiger partial charge in [0.15, 0.2) is 8.32 Å². The molecule has 0 aliphatic carbocycles. The molecule has 0 radical (unpaired) electrons. The van der Waals surface area contributed by atoms with Crippen molar-refractivity contribution in [2.75, 3.05) is 7.11 Å². The monoisotopic (exact) mass is 190 g/mol. The molecule has 0 saturated carbocycles. The van der Waals surface area contributed by atoms with Crippen LogP contribution in [0.5, 0.6) is 0 Å². The van der Waals surface area contributed by atoms with Crippen molar-refractivity contribution in [3.8, 4) is 0 Å². The van der Waals surface area contributed by atoms with Crippen molar-refractivity contribution in [3.05, 3.63) is 0 Å². The largest absolute Gasteiger partial charge is 0.392 e. The van der Waals surface area contributed by atoms with Gasteiger partial charge in [-0.3, -0.25) is 0 Å². The first-order chi connectivity index (χ1) is 5.20. The molecule has 0 aromatic rings. The summed E-state index contributed by atoms with van der Waals surface area (Å²) in [5, 5.41) is 0.264. The molecule has 3 heteroatoms. The van der Waals surface area contributed by atoms with Crippen LogP contribution in [0, 0.1) is 0 Å². The van der Waals surface area contributed by atoms with Crippen LogP contribution in [0.1, 0.15) is 27.7 Å². The van der Waals surface area contributed by atoms with Crippen molar-refractivity contribution in [3.63, 3.8) is 0 Å². The smallest absolute Gasteiger partial charge is 0.195 e. The third-order valence-corrected chi connectivity index (χ3v) is 7.13. The van der Waals surface area contributed by atoms with E-state index in [0.717, 1.165) is 0 Å². The van der Waals surface area contributed by atoms with Crippen molar-refractivity contribution in [1.29, 1.82) is 0 Å². The van der Waals surface area contributed by atoms with Crippen LogP contribution in [0.15, 0.2) is 0 Å². The van der Waals surface area contributed by atoms with E-state index in [4.69, 9.17) is 9.16 Å². The van der Waals surface area contributed by atoms with E-state index < -0.39 is 8.32 Å². The molecule has 74 valence electrons. The summed E-state index contributed by atoms with van der Waals surface area (Å²) in [6.45, 7) is 13.1. The predicted molar refractivity (Wildman–Crippen MR) is 54.8 cm³/mol. The Morgan fingerprint density at radius 3 is 1.83 bits per heavy atom. The van der Waals surface area contributed by atoms with Gasteiger partial charge in [-0.05, 0) is 25.1 Å². The first-order valence-electron chi connectivity index (χ1n) is 4.41. The van der Waals surface area contributed by atoms with E-state index in [1.54, 1.807) is 7.11 Å². The summed E-state index contributed by atoms with van der Waals surface area (Å²) in [5.74, 6) is 0. The third kappa shape index (κ3) is 3.25. The van der Waals surface area contributed by atoms with E-state index in [1.807, 2.05) is 6.92 Å². The second kappa shape index (κ2) is 3.90. The van der Waals surface area contributed by atoms with E-state index in [0.29, 0.717) is 0 Å². The summed E-state index contributed by atoms with van der Waals surface area (Å²) in [6, 6.07) is 0. The van der Waals surface area contributed by atoms with E-state index in [2.05, 4.69) is 33.9 Å². The van der Waals surface area contributed by atoms with Crippen molar-refractivity contribution in [2.24, 2.45) is 0 Å². The van der Waals surface area contributed by atoms with Gasteiger partial charge in [0, 0.05) is 7.11 Å². The van der Waals surface area contributed by atoms with Gasteiger partial charge < -0.3 is 9.16 Å². The Bertz CT molecular complexity index is 138. The number of rotatable bonds is 3. The van der Waals surface area contributed by atoms with Crippen LogP contribution in [-0.4, -0.2) is 21.7 Å². The Balaban J connectivity index is 4.22. The van der Waals surface area contributed by atoms with E-state index in [9.17, 15) is 0 Å². The minimum atomic E-state index is -1.61. The van der Waals surface area contributed by atoms with Crippen molar-refractivity contribution in [1.82, 2.24) is 0 Å². The molecule has 0 N–H and O–H groups in total. The second-order valence-corrected chi connectivity index (χ2v) is 9.44. The summed E-state index contributed by atoms with van der Waals surface area (Å²) >= 11 is 0. The van der Waals surface area contributed by atoms with Crippen LogP contribution < -0.4 is 0 Å². The first-order valence-corrected chi connectivity index (χ1v) is 7.32. The number of hydrogen-bond donors (Lipinski definition) is 0. The second-order valence-electron chi connectivity index (χ2n) is 4.68. The summed E-state index contributed by atoms with van der Waals surface area (Å²) < 4.78 is 11.0. The van der Waals surface area contributed by atoms with Gasteiger partial charge in [-0.15, -0.1) is 0 Å². The zero-order chi connectivity index (χ0) is 9.99. The molecular weight excluding hydrogens is 168 g/mol. The number of methoxy groups -OCH3 is 1. The summed E-state index contributed by atoms with van der Waals surface area (Å²) in [5.41, 5.74) is 0. The van der Waals surface area contributed by atoms with Crippen LogP contribution in [0.2, 0.25) is 18.1 Å². The number of hydrogen-bond acceptors (Lipinski definition) is 2. The molecule has 0 saturated heterocycles. The highest BCUT2D eigenvalue weighted by molar-refractivity contribution is 6.74. The molecule has 0 spiro atoms. The van der Waals surface area contributed by atoms with Crippen LogP contribution in [0.3, 0.4) is 0 Å². The molecule has 0 unspecified atom stereocenters. The molecule has 2 nitrogen and oxygen atoms in total. The fraction of sp³-hybridized carbons (Fsp3) is 1.00. The molecule has 12 heavy (non-hydrogen) atoms. The Hall–Kier alpha value is 0.137. The molecule has 0 heterocycles. The normalized spacial score (nSPS) is 16.2. The fourth-order valence-electron chi connectivity index (χ4n) is 0.640. The third-order valence-electron chi connectivity index (χ3n) is 2.60. The van der Waals surface area contributed by atoms with E-state index >= 15 is 0 Å². The lowest BCUT2D eigenvalue weighted by Gasteiger charge is -2.37. The zero-order valence-electron chi connectivity index (χ0n) is 9.39. The topological polar surface area (TPSA) is 18.5 Å². The lowest BCUT2D eigenvalue weighted by Crippen LogP contribution is -2.43. The fourth-order valence-corrected chi connectivity index (χ4v) is 1.92. The Morgan fingerprint density at radius 2 is 1.58 bits per heavy atom. The highest BCUT2D eigenvalue weighted by atomic mass is 28.4. The maximum absolute atomic E-state index is 5.87. The first kappa shape index (κ1) is 12.1. The van der Waals surface area contributed by atoms with E-state index in [-0.39, 0.29) is 11.3 Å². The minimum absolute atomic E-state index is 0.0779. The van der Waals surface area contributed by atoms with Gasteiger partial charge >= 0.3 is 0 Å². The van der Waals surface area contributed by atoms with Crippen LogP contribution in [0.4, 0.5) is 0 Å². The lowest BCUT2D eigenvalue weighted by molar-refractivity contribution is -0.0478. The van der Waals surface area contributed by atoms with Crippen molar-refractivity contribution >= 4 is 8.32 Å². The molecule has 0 bridgehead atoms. The van der Waals surface area contributed by atoms with Crippen molar-refractivity contribution in [2.45, 2.75) is 52.1 Å². The van der Waals surface area contributed by atoms with Gasteiger partial charge in [-0.2, -0.15) is 0 Å². The summed E-state index contributed by atoms with van der Waals surface area (Å²) in [6.07, 6.45) is -0.0779. The molecule has 0 amide bonds. The molecule has 0 aliphatic rings. The Labute approximate surface area is 77.4 Å². The SMILES string of the molecule is CO[C@H](C)O[Si](C)(C)C(C)(C)C. The molecule has 1 atom stereocenters. The number of ether oxygens (including phenoxy) is 1. The average Bonchev–Trinajstić information content (AvgIpc) is 1.84. The van der Waals surface area contributed by atoms with E-state index in [1.165, 1.54) is 0 Å². The van der Waals surface area contributed by atoms with Gasteiger partial charge in [0.2, 0.25) is 0 Å².